The van der Waals surface area contributed by atoms with Crippen LogP contribution in [0.1, 0.15) is 19.4 Å². The number of para-hydroxylation sites is 1. The number of ketones is 1. The summed E-state index contributed by atoms with van der Waals surface area (Å²) in [6.45, 7) is 2.94. The number of Topliss-reactive ketones (excluding diaryl/α,β-unsaturated/α-hetero) is 1. The van der Waals surface area contributed by atoms with Gasteiger partial charge in [0, 0.05) is 6.07 Å². The number of carbonyl (C=O) groups excluding carboxylic acids is 2. The molecule has 6 heteroatoms. The second kappa shape index (κ2) is 6.44. The molecule has 19 heavy (non-hydrogen) atoms. The van der Waals surface area contributed by atoms with Gasteiger partial charge in [0.2, 0.25) is 0 Å². The quantitative estimate of drug-likeness (QED) is 0.203. The van der Waals surface area contributed by atoms with Gasteiger partial charge >= 0.3 is 5.97 Å². The molecule has 0 bridgehead atoms. The number of hydrogen-bond acceptors (Lipinski definition) is 5. The molecule has 0 heterocycles. The van der Waals surface area contributed by atoms with Gasteiger partial charge in [-0.15, -0.1) is 0 Å². The lowest BCUT2D eigenvalue weighted by Gasteiger charge is -2.04. The molecule has 0 spiro atoms. The van der Waals surface area contributed by atoms with E-state index in [2.05, 4.69) is 0 Å². The van der Waals surface area contributed by atoms with Gasteiger partial charge < -0.3 is 4.74 Å². The third-order valence-corrected chi connectivity index (χ3v) is 2.31. The average Bonchev–Trinajstić information content (AvgIpc) is 2.36. The van der Waals surface area contributed by atoms with Gasteiger partial charge in [-0.05, 0) is 26.0 Å². The Hall–Kier alpha value is -2.50. The fraction of sp³-hybridized carbons (Fsp3) is 0.231. The molecule has 0 saturated carbocycles. The highest BCUT2D eigenvalue weighted by molar-refractivity contribution is 6.20. The Labute approximate surface area is 109 Å². The molecule has 1 aromatic carbocycles. The van der Waals surface area contributed by atoms with E-state index in [-0.39, 0.29) is 23.4 Å². The lowest BCUT2D eigenvalue weighted by Crippen LogP contribution is -2.13. The van der Waals surface area contributed by atoms with Gasteiger partial charge in [0.25, 0.3) is 5.69 Å². The summed E-state index contributed by atoms with van der Waals surface area (Å²) >= 11 is 0. The molecule has 0 saturated heterocycles. The molecule has 0 unspecified atom stereocenters. The highest BCUT2D eigenvalue weighted by Crippen LogP contribution is 2.21. The molecule has 0 aromatic heterocycles. The first-order valence-corrected chi connectivity index (χ1v) is 5.60. The number of nitro groups is 1. The van der Waals surface area contributed by atoms with Crippen molar-refractivity contribution < 1.29 is 19.2 Å². The summed E-state index contributed by atoms with van der Waals surface area (Å²) in [4.78, 5) is 33.3. The fourth-order valence-electron chi connectivity index (χ4n) is 1.44. The molecule has 0 N–H and O–H groups in total. The molecule has 1 aromatic rings. The smallest absolute Gasteiger partial charge is 0.341 e. The van der Waals surface area contributed by atoms with Crippen LogP contribution in [0.4, 0.5) is 5.69 Å². The standard InChI is InChI=1S/C13H13NO5/c1-3-19-13(16)11(9(2)15)8-10-6-4-5-7-12(10)14(17)18/h4-8H,3H2,1-2H3/b11-8-. The van der Waals surface area contributed by atoms with Crippen LogP contribution in [0.2, 0.25) is 0 Å². The second-order valence-corrected chi connectivity index (χ2v) is 3.65. The summed E-state index contributed by atoms with van der Waals surface area (Å²) in [5.41, 5.74) is -0.201. The molecule has 0 atom stereocenters. The minimum Gasteiger partial charge on any atom is -0.462 e. The SMILES string of the molecule is CCOC(=O)/C(=C\c1ccccc1[N+](=O)[O-])C(C)=O. The van der Waals surface area contributed by atoms with Crippen molar-refractivity contribution in [2.75, 3.05) is 6.61 Å². The lowest BCUT2D eigenvalue weighted by atomic mass is 10.1. The predicted molar refractivity (Wildman–Crippen MR) is 68.4 cm³/mol. The average molecular weight is 263 g/mol. The van der Waals surface area contributed by atoms with Crippen molar-refractivity contribution in [3.05, 3.63) is 45.5 Å². The first kappa shape index (κ1) is 14.6. The van der Waals surface area contributed by atoms with E-state index >= 15 is 0 Å². The summed E-state index contributed by atoms with van der Waals surface area (Å²) < 4.78 is 4.74. The molecule has 1 rings (SSSR count). The van der Waals surface area contributed by atoms with Gasteiger partial charge in [0.1, 0.15) is 5.57 Å². The molecule has 0 radical (unpaired) electrons. The van der Waals surface area contributed by atoms with E-state index in [9.17, 15) is 19.7 Å². The van der Waals surface area contributed by atoms with Crippen LogP contribution in [0.25, 0.3) is 6.08 Å². The number of hydrogen-bond donors (Lipinski definition) is 0. The maximum absolute atomic E-state index is 11.6. The third kappa shape index (κ3) is 3.74. The van der Waals surface area contributed by atoms with Crippen LogP contribution < -0.4 is 0 Å². The normalized spacial score (nSPS) is 10.9. The number of carbonyl (C=O) groups is 2. The van der Waals surface area contributed by atoms with E-state index in [1.807, 2.05) is 0 Å². The summed E-state index contributed by atoms with van der Waals surface area (Å²) in [6.07, 6.45) is 1.18. The van der Waals surface area contributed by atoms with Crippen LogP contribution >= 0.6 is 0 Å². The van der Waals surface area contributed by atoms with E-state index in [1.54, 1.807) is 13.0 Å². The van der Waals surface area contributed by atoms with E-state index < -0.39 is 16.7 Å². The monoisotopic (exact) mass is 263 g/mol. The molecule has 0 aliphatic heterocycles. The van der Waals surface area contributed by atoms with Gasteiger partial charge in [-0.1, -0.05) is 12.1 Å². The van der Waals surface area contributed by atoms with Crippen LogP contribution in [0.5, 0.6) is 0 Å². The minimum atomic E-state index is -0.784. The van der Waals surface area contributed by atoms with Gasteiger partial charge in [-0.25, -0.2) is 4.79 Å². The molecule has 0 fully saturated rings. The maximum atomic E-state index is 11.6. The van der Waals surface area contributed by atoms with E-state index in [0.29, 0.717) is 0 Å². The maximum Gasteiger partial charge on any atom is 0.341 e. The number of benzene rings is 1. The van der Waals surface area contributed by atoms with Crippen LogP contribution in [-0.2, 0) is 14.3 Å². The first-order valence-electron chi connectivity index (χ1n) is 5.60. The van der Waals surface area contributed by atoms with Crippen molar-refractivity contribution in [1.29, 1.82) is 0 Å². The van der Waals surface area contributed by atoms with Gasteiger partial charge in [0.15, 0.2) is 5.78 Å². The highest BCUT2D eigenvalue weighted by Gasteiger charge is 2.18. The largest absolute Gasteiger partial charge is 0.462 e. The predicted octanol–water partition coefficient (Wildman–Crippen LogP) is 2.13. The van der Waals surface area contributed by atoms with Crippen molar-refractivity contribution in [3.8, 4) is 0 Å². The van der Waals surface area contributed by atoms with E-state index in [4.69, 9.17) is 4.74 Å². The van der Waals surface area contributed by atoms with E-state index in [1.165, 1.54) is 31.2 Å². The molecular formula is C13H13NO5. The molecule has 0 aliphatic rings. The number of nitrogens with zero attached hydrogens (tertiary/aromatic N) is 1. The number of ether oxygens (including phenoxy) is 1. The van der Waals surface area contributed by atoms with Crippen molar-refractivity contribution in [2.24, 2.45) is 0 Å². The van der Waals surface area contributed by atoms with Crippen molar-refractivity contribution >= 4 is 23.5 Å². The third-order valence-electron chi connectivity index (χ3n) is 2.31. The van der Waals surface area contributed by atoms with Gasteiger partial charge in [-0.3, -0.25) is 14.9 Å². The number of nitro benzene ring substituents is 1. The molecule has 6 nitrogen and oxygen atoms in total. The Kier molecular flexibility index (Phi) is 4.93. The zero-order chi connectivity index (χ0) is 14.4. The topological polar surface area (TPSA) is 86.5 Å². The van der Waals surface area contributed by atoms with Crippen molar-refractivity contribution in [2.45, 2.75) is 13.8 Å². The lowest BCUT2D eigenvalue weighted by molar-refractivity contribution is -0.385. The Morgan fingerprint density at radius 1 is 1.37 bits per heavy atom. The Bertz CT molecular complexity index is 548. The highest BCUT2D eigenvalue weighted by atomic mass is 16.6. The summed E-state index contributed by atoms with van der Waals surface area (Å²) in [6, 6.07) is 5.85. The summed E-state index contributed by atoms with van der Waals surface area (Å²) in [7, 11) is 0. The van der Waals surface area contributed by atoms with Crippen molar-refractivity contribution in [1.82, 2.24) is 0 Å². The van der Waals surface area contributed by atoms with Crippen LogP contribution in [0.15, 0.2) is 29.8 Å². The Balaban J connectivity index is 3.27. The zero-order valence-corrected chi connectivity index (χ0v) is 10.6. The number of rotatable bonds is 5. The van der Waals surface area contributed by atoms with Crippen molar-refractivity contribution in [3.63, 3.8) is 0 Å². The summed E-state index contributed by atoms with van der Waals surface area (Å²) in [5.74, 6) is -1.29. The minimum absolute atomic E-state index is 0.125. The molecule has 100 valence electrons. The number of esters is 1. The molecule has 0 amide bonds. The van der Waals surface area contributed by atoms with Crippen LogP contribution in [0.3, 0.4) is 0 Å². The Morgan fingerprint density at radius 3 is 2.53 bits per heavy atom. The Morgan fingerprint density at radius 2 is 2.00 bits per heavy atom. The first-order chi connectivity index (χ1) is 8.97. The van der Waals surface area contributed by atoms with Gasteiger partial charge in [0.05, 0.1) is 17.1 Å². The molecule has 0 aliphatic carbocycles. The van der Waals surface area contributed by atoms with E-state index in [0.717, 1.165) is 0 Å². The van der Waals surface area contributed by atoms with Crippen LogP contribution in [-0.4, -0.2) is 23.3 Å². The second-order valence-electron chi connectivity index (χ2n) is 3.65. The zero-order valence-electron chi connectivity index (χ0n) is 10.6. The van der Waals surface area contributed by atoms with Gasteiger partial charge in [-0.2, -0.15) is 0 Å². The van der Waals surface area contributed by atoms with Crippen LogP contribution in [0, 0.1) is 10.1 Å². The summed E-state index contributed by atoms with van der Waals surface area (Å²) in [5, 5.41) is 10.8. The fourth-order valence-corrected chi connectivity index (χ4v) is 1.44. The molecular weight excluding hydrogens is 250 g/mol.